The molecule has 23 heavy (non-hydrogen) atoms. The number of carbonyl (C=O) groups is 1. The first-order chi connectivity index (χ1) is 11.1. The summed E-state index contributed by atoms with van der Waals surface area (Å²) in [6.07, 6.45) is 0. The summed E-state index contributed by atoms with van der Waals surface area (Å²) in [5.41, 5.74) is 1.94. The van der Waals surface area contributed by atoms with Gasteiger partial charge in [-0.15, -0.1) is 10.2 Å². The third-order valence-corrected chi connectivity index (χ3v) is 4.44. The number of benzene rings is 1. The summed E-state index contributed by atoms with van der Waals surface area (Å²) >= 11 is 1.38. The summed E-state index contributed by atoms with van der Waals surface area (Å²) in [7, 11) is 1.62. The Morgan fingerprint density at radius 2 is 1.96 bits per heavy atom. The van der Waals surface area contributed by atoms with Crippen LogP contribution >= 0.6 is 11.8 Å². The van der Waals surface area contributed by atoms with Gasteiger partial charge >= 0.3 is 0 Å². The van der Waals surface area contributed by atoms with E-state index in [9.17, 15) is 4.79 Å². The van der Waals surface area contributed by atoms with Crippen molar-refractivity contribution >= 4 is 28.4 Å². The van der Waals surface area contributed by atoms with E-state index in [0.717, 1.165) is 27.2 Å². The smallest absolute Gasteiger partial charge is 0.230 e. The predicted octanol–water partition coefficient (Wildman–Crippen LogP) is 2.27. The van der Waals surface area contributed by atoms with Crippen LogP contribution in [-0.2, 0) is 4.79 Å². The molecule has 118 valence electrons. The summed E-state index contributed by atoms with van der Waals surface area (Å²) in [5, 5.41) is 18.4. The summed E-state index contributed by atoms with van der Waals surface area (Å²) < 4.78 is 1.80. The average molecular weight is 327 g/mol. The molecule has 6 nitrogen and oxygen atoms in total. The van der Waals surface area contributed by atoms with Gasteiger partial charge in [0.05, 0.1) is 11.4 Å². The van der Waals surface area contributed by atoms with Gasteiger partial charge < -0.3 is 5.32 Å². The highest BCUT2D eigenvalue weighted by Crippen LogP contribution is 2.28. The first kappa shape index (κ1) is 15.5. The van der Waals surface area contributed by atoms with Crippen LogP contribution in [0.2, 0.25) is 0 Å². The van der Waals surface area contributed by atoms with Gasteiger partial charge in [-0.2, -0.15) is 5.10 Å². The van der Waals surface area contributed by atoms with Crippen LogP contribution in [-0.4, -0.2) is 38.7 Å². The van der Waals surface area contributed by atoms with Gasteiger partial charge in [0, 0.05) is 23.5 Å². The molecule has 0 aliphatic rings. The van der Waals surface area contributed by atoms with E-state index in [-0.39, 0.29) is 5.91 Å². The molecule has 1 amide bonds. The molecule has 0 saturated heterocycles. The Balaban J connectivity index is 2.09. The minimum atomic E-state index is -0.0384. The number of rotatable bonds is 4. The van der Waals surface area contributed by atoms with E-state index in [1.54, 1.807) is 11.7 Å². The van der Waals surface area contributed by atoms with Crippen LogP contribution in [0.5, 0.6) is 0 Å². The first-order valence-corrected chi connectivity index (χ1v) is 8.21. The Morgan fingerprint density at radius 1 is 1.22 bits per heavy atom. The summed E-state index contributed by atoms with van der Waals surface area (Å²) in [6, 6.07) is 9.92. The molecule has 2 aromatic heterocycles. The molecule has 0 fully saturated rings. The minimum absolute atomic E-state index is 0.0384. The lowest BCUT2D eigenvalue weighted by Crippen LogP contribution is -2.19. The maximum atomic E-state index is 11.5. The van der Waals surface area contributed by atoms with E-state index in [2.05, 4.69) is 20.6 Å². The topological polar surface area (TPSA) is 72.7 Å². The molecular weight excluding hydrogens is 310 g/mol. The molecule has 1 aromatic carbocycles. The second-order valence-electron chi connectivity index (χ2n) is 5.18. The van der Waals surface area contributed by atoms with E-state index < -0.39 is 0 Å². The van der Waals surface area contributed by atoms with Crippen molar-refractivity contribution in [1.82, 2.24) is 25.3 Å². The van der Waals surface area contributed by atoms with Gasteiger partial charge in [0.25, 0.3) is 0 Å². The van der Waals surface area contributed by atoms with Crippen LogP contribution < -0.4 is 5.32 Å². The number of thioether (sulfide) groups is 1. The molecule has 0 unspecified atom stereocenters. The standard InChI is InChI=1S/C16H17N5OS/c1-10-8-11(2)21(20-10)15-12-6-4-5-7-13(12)16(19-18-15)23-9-14(22)17-3/h4-8H,9H2,1-3H3,(H,17,22). The van der Waals surface area contributed by atoms with Crippen LogP contribution in [0, 0.1) is 13.8 Å². The van der Waals surface area contributed by atoms with Crippen molar-refractivity contribution in [3.63, 3.8) is 0 Å². The number of fused-ring (bicyclic) bond motifs is 1. The molecule has 0 radical (unpaired) electrons. The summed E-state index contributed by atoms with van der Waals surface area (Å²) in [6.45, 7) is 3.94. The molecule has 0 atom stereocenters. The highest BCUT2D eigenvalue weighted by Gasteiger charge is 2.14. The molecule has 0 saturated carbocycles. The van der Waals surface area contributed by atoms with Crippen molar-refractivity contribution in [1.29, 1.82) is 0 Å². The maximum absolute atomic E-state index is 11.5. The van der Waals surface area contributed by atoms with Crippen molar-refractivity contribution in [2.24, 2.45) is 0 Å². The molecule has 1 N–H and O–H groups in total. The zero-order valence-corrected chi connectivity index (χ0v) is 14.0. The number of carbonyl (C=O) groups excluding carboxylic acids is 1. The number of hydrogen-bond acceptors (Lipinski definition) is 5. The molecule has 0 aliphatic heterocycles. The van der Waals surface area contributed by atoms with E-state index in [1.165, 1.54) is 11.8 Å². The average Bonchev–Trinajstić information content (AvgIpc) is 2.90. The van der Waals surface area contributed by atoms with Crippen LogP contribution in [0.1, 0.15) is 11.4 Å². The molecule has 0 bridgehead atoms. The highest BCUT2D eigenvalue weighted by atomic mass is 32.2. The fourth-order valence-corrected chi connectivity index (χ4v) is 3.22. The molecule has 3 aromatic rings. The van der Waals surface area contributed by atoms with Crippen molar-refractivity contribution in [2.75, 3.05) is 12.8 Å². The number of nitrogens with one attached hydrogen (secondary N) is 1. The third kappa shape index (κ3) is 3.05. The normalized spacial score (nSPS) is 10.9. The lowest BCUT2D eigenvalue weighted by molar-refractivity contribution is -0.118. The first-order valence-electron chi connectivity index (χ1n) is 7.22. The zero-order chi connectivity index (χ0) is 16.4. The predicted molar refractivity (Wildman–Crippen MR) is 90.9 cm³/mol. The second kappa shape index (κ2) is 6.37. The maximum Gasteiger partial charge on any atom is 0.230 e. The van der Waals surface area contributed by atoms with Gasteiger partial charge in [0.2, 0.25) is 5.91 Å². The van der Waals surface area contributed by atoms with Crippen molar-refractivity contribution in [3.8, 4) is 5.82 Å². The molecule has 0 spiro atoms. The number of nitrogens with zero attached hydrogens (tertiary/aromatic N) is 4. The van der Waals surface area contributed by atoms with Crippen molar-refractivity contribution < 1.29 is 4.79 Å². The summed E-state index contributed by atoms with van der Waals surface area (Å²) in [4.78, 5) is 11.5. The fraction of sp³-hybridized carbons (Fsp3) is 0.250. The fourth-order valence-electron chi connectivity index (χ4n) is 2.38. The highest BCUT2D eigenvalue weighted by molar-refractivity contribution is 8.00. The van der Waals surface area contributed by atoms with Crippen molar-refractivity contribution in [3.05, 3.63) is 41.7 Å². The Labute approximate surface area is 138 Å². The lowest BCUT2D eigenvalue weighted by Gasteiger charge is -2.09. The van der Waals surface area contributed by atoms with Gasteiger partial charge in [-0.25, -0.2) is 4.68 Å². The Hall–Kier alpha value is -2.41. The Morgan fingerprint density at radius 3 is 2.61 bits per heavy atom. The van der Waals surface area contributed by atoms with Crippen molar-refractivity contribution in [2.45, 2.75) is 18.9 Å². The minimum Gasteiger partial charge on any atom is -0.358 e. The number of aromatic nitrogens is 4. The second-order valence-corrected chi connectivity index (χ2v) is 6.14. The van der Waals surface area contributed by atoms with Crippen LogP contribution in [0.25, 0.3) is 16.6 Å². The Kier molecular flexibility index (Phi) is 4.29. The monoisotopic (exact) mass is 327 g/mol. The number of amides is 1. The quantitative estimate of drug-likeness (QED) is 0.744. The lowest BCUT2D eigenvalue weighted by atomic mass is 10.2. The van der Waals surface area contributed by atoms with E-state index in [4.69, 9.17) is 0 Å². The van der Waals surface area contributed by atoms with Crippen LogP contribution in [0.3, 0.4) is 0 Å². The largest absolute Gasteiger partial charge is 0.358 e. The van der Waals surface area contributed by atoms with E-state index in [1.807, 2.05) is 44.2 Å². The molecule has 7 heteroatoms. The third-order valence-electron chi connectivity index (χ3n) is 3.46. The van der Waals surface area contributed by atoms with Gasteiger partial charge in [0.1, 0.15) is 5.03 Å². The SMILES string of the molecule is CNC(=O)CSc1nnc(-n2nc(C)cc2C)c2ccccc12. The van der Waals surface area contributed by atoms with E-state index in [0.29, 0.717) is 11.6 Å². The number of aryl methyl sites for hydroxylation is 2. The van der Waals surface area contributed by atoms with Gasteiger partial charge in [-0.3, -0.25) is 4.79 Å². The molecule has 3 rings (SSSR count). The zero-order valence-electron chi connectivity index (χ0n) is 13.2. The molecular formula is C16H17N5OS. The van der Waals surface area contributed by atoms with Crippen LogP contribution in [0.4, 0.5) is 0 Å². The van der Waals surface area contributed by atoms with E-state index >= 15 is 0 Å². The van der Waals surface area contributed by atoms with Gasteiger partial charge in [-0.05, 0) is 19.9 Å². The summed E-state index contributed by atoms with van der Waals surface area (Å²) in [5.74, 6) is 0.980. The van der Waals surface area contributed by atoms with Crippen LogP contribution in [0.15, 0.2) is 35.4 Å². The Bertz CT molecular complexity index is 874. The van der Waals surface area contributed by atoms with Gasteiger partial charge in [0.15, 0.2) is 5.82 Å². The number of hydrogen-bond donors (Lipinski definition) is 1. The van der Waals surface area contributed by atoms with Gasteiger partial charge in [-0.1, -0.05) is 36.0 Å². The molecule has 0 aliphatic carbocycles. The molecule has 2 heterocycles.